The Kier molecular flexibility index (Phi) is 11.6. The van der Waals surface area contributed by atoms with Crippen molar-refractivity contribution in [3.8, 4) is 5.75 Å². The van der Waals surface area contributed by atoms with Crippen LogP contribution in [-0.2, 0) is 21.7 Å². The van der Waals surface area contributed by atoms with Gasteiger partial charge in [0.15, 0.2) is 5.11 Å². The van der Waals surface area contributed by atoms with Crippen molar-refractivity contribution in [3.63, 3.8) is 0 Å². The van der Waals surface area contributed by atoms with Gasteiger partial charge in [0.1, 0.15) is 11.4 Å². The number of hydrogen-bond acceptors (Lipinski definition) is 6. The zero-order valence-corrected chi connectivity index (χ0v) is 20.1. The molecule has 7 nitrogen and oxygen atoms in total. The number of methoxy groups -OCH3 is 1. The Labute approximate surface area is 186 Å². The highest BCUT2D eigenvalue weighted by molar-refractivity contribution is 7.80. The van der Waals surface area contributed by atoms with Crippen molar-refractivity contribution in [1.29, 1.82) is 0 Å². The van der Waals surface area contributed by atoms with E-state index in [1.165, 1.54) is 13.5 Å². The van der Waals surface area contributed by atoms with Crippen LogP contribution in [0, 0.1) is 0 Å². The van der Waals surface area contributed by atoms with Gasteiger partial charge < -0.3 is 10.1 Å². The van der Waals surface area contributed by atoms with E-state index >= 15 is 0 Å². The first-order valence-corrected chi connectivity index (χ1v) is 11.7. The molecule has 0 heterocycles. The van der Waals surface area contributed by atoms with Gasteiger partial charge in [-0.25, -0.2) is 0 Å². The molecule has 0 saturated carbocycles. The van der Waals surface area contributed by atoms with Crippen LogP contribution in [0.3, 0.4) is 0 Å². The summed E-state index contributed by atoms with van der Waals surface area (Å²) < 4.78 is 30.7. The van der Waals surface area contributed by atoms with Crippen molar-refractivity contribution < 1.29 is 17.9 Å². The maximum Gasteiger partial charge on any atom is 0.316 e. The molecule has 30 heavy (non-hydrogen) atoms. The molecule has 1 unspecified atom stereocenters. The first kappa shape index (κ1) is 26.0. The molecular weight excluding hydrogens is 422 g/mol. The van der Waals surface area contributed by atoms with Gasteiger partial charge in [-0.05, 0) is 57.1 Å². The molecule has 9 heteroatoms. The third kappa shape index (κ3) is 8.79. The molecule has 0 bridgehead atoms. The van der Waals surface area contributed by atoms with Crippen molar-refractivity contribution in [2.45, 2.75) is 78.3 Å². The van der Waals surface area contributed by atoms with Crippen LogP contribution in [0.15, 0.2) is 22.6 Å². The molecule has 0 saturated heterocycles. The van der Waals surface area contributed by atoms with Crippen LogP contribution in [-0.4, -0.2) is 43.5 Å². The van der Waals surface area contributed by atoms with Crippen LogP contribution in [0.4, 0.5) is 5.69 Å². The Morgan fingerprint density at radius 1 is 1.23 bits per heavy atom. The number of unbranched alkanes of at least 4 members (excludes halogenated alkanes) is 3. The lowest BCUT2D eigenvalue weighted by molar-refractivity contribution is -0.128. The molecule has 1 aromatic carbocycles. The summed E-state index contributed by atoms with van der Waals surface area (Å²) in [7, 11) is -1.18. The van der Waals surface area contributed by atoms with Crippen molar-refractivity contribution in [2.24, 2.45) is 4.36 Å². The quantitative estimate of drug-likeness (QED) is 0.393. The van der Waals surface area contributed by atoms with Crippen molar-refractivity contribution >= 4 is 39.4 Å². The molecule has 1 aromatic rings. The van der Waals surface area contributed by atoms with E-state index in [0.29, 0.717) is 16.4 Å². The molecule has 0 radical (unpaired) electrons. The lowest BCUT2D eigenvalue weighted by Crippen LogP contribution is -2.50. The monoisotopic (exact) mass is 455 g/mol. The van der Waals surface area contributed by atoms with E-state index in [1.54, 1.807) is 23.1 Å². The highest BCUT2D eigenvalue weighted by Gasteiger charge is 2.25. The summed E-state index contributed by atoms with van der Waals surface area (Å²) in [5.41, 5.74) is 0.804. The SMILES string of the molecule is CCCCCCC(C)N(C(=O)Cc1ccc(OC)c(N=S(=O)=O)c1)C(=S)NC(C)C. The molecule has 168 valence electrons. The van der Waals surface area contributed by atoms with Crippen molar-refractivity contribution in [3.05, 3.63) is 23.8 Å². The van der Waals surface area contributed by atoms with Crippen LogP contribution in [0.1, 0.15) is 65.4 Å². The molecule has 0 aromatic heterocycles. The zero-order chi connectivity index (χ0) is 22.7. The summed E-state index contributed by atoms with van der Waals surface area (Å²) in [6.07, 6.45) is 5.44. The predicted octanol–water partition coefficient (Wildman–Crippen LogP) is 4.40. The van der Waals surface area contributed by atoms with E-state index in [9.17, 15) is 13.2 Å². The van der Waals surface area contributed by atoms with E-state index in [1.807, 2.05) is 20.8 Å². The van der Waals surface area contributed by atoms with E-state index < -0.39 is 10.5 Å². The lowest BCUT2D eigenvalue weighted by Gasteiger charge is -2.31. The molecular formula is C21H33N3O4S2. The van der Waals surface area contributed by atoms with Crippen LogP contribution < -0.4 is 10.1 Å². The first-order valence-electron chi connectivity index (χ1n) is 10.3. The Balaban J connectivity index is 3.06. The third-order valence-electron chi connectivity index (χ3n) is 4.59. The van der Waals surface area contributed by atoms with E-state index in [2.05, 4.69) is 16.6 Å². The van der Waals surface area contributed by atoms with Gasteiger partial charge in [-0.2, -0.15) is 8.42 Å². The van der Waals surface area contributed by atoms with Crippen LogP contribution in [0.2, 0.25) is 0 Å². The van der Waals surface area contributed by atoms with Crippen LogP contribution >= 0.6 is 12.2 Å². The van der Waals surface area contributed by atoms with Crippen LogP contribution in [0.25, 0.3) is 0 Å². The largest absolute Gasteiger partial charge is 0.494 e. The number of benzene rings is 1. The molecule has 0 aliphatic rings. The Morgan fingerprint density at radius 2 is 1.93 bits per heavy atom. The Morgan fingerprint density at radius 3 is 2.50 bits per heavy atom. The number of carbonyl (C=O) groups is 1. The fourth-order valence-corrected chi connectivity index (χ4v) is 3.95. The number of amides is 1. The van der Waals surface area contributed by atoms with Gasteiger partial charge in [0, 0.05) is 12.1 Å². The topological polar surface area (TPSA) is 88.1 Å². The Bertz CT molecular complexity index is 846. The lowest BCUT2D eigenvalue weighted by atomic mass is 10.1. The Hall–Kier alpha value is -2.00. The van der Waals surface area contributed by atoms with Gasteiger partial charge >= 0.3 is 10.5 Å². The number of thiocarbonyl (C=S) groups is 1. The van der Waals surface area contributed by atoms with Gasteiger partial charge in [0.2, 0.25) is 5.91 Å². The standard InChI is InChI=1S/C21H33N3O4S2/c1-6-7-8-9-10-16(4)24(21(29)22-15(2)3)20(25)14-17-11-12-19(28-5)18(13-17)23-30(26)27/h11-13,15-16H,6-10,14H2,1-5H3,(H,22,29). The highest BCUT2D eigenvalue weighted by Crippen LogP contribution is 2.29. The normalized spacial score (nSPS) is 11.7. The summed E-state index contributed by atoms with van der Waals surface area (Å²) in [4.78, 5) is 14.8. The minimum atomic E-state index is -2.62. The van der Waals surface area contributed by atoms with Gasteiger partial charge in [0.25, 0.3) is 0 Å². The molecule has 1 amide bonds. The third-order valence-corrected chi connectivity index (χ3v) is 5.25. The summed E-state index contributed by atoms with van der Waals surface area (Å²) >= 11 is 5.52. The van der Waals surface area contributed by atoms with E-state index in [-0.39, 0.29) is 30.1 Å². The highest BCUT2D eigenvalue weighted by atomic mass is 32.2. The smallest absolute Gasteiger partial charge is 0.316 e. The summed E-state index contributed by atoms with van der Waals surface area (Å²) in [5, 5.41) is 3.58. The maximum atomic E-state index is 13.2. The summed E-state index contributed by atoms with van der Waals surface area (Å²) in [5.74, 6) is 0.184. The van der Waals surface area contributed by atoms with E-state index in [0.717, 1.165) is 25.7 Å². The molecule has 1 rings (SSSR count). The second kappa shape index (κ2) is 13.3. The average Bonchev–Trinajstić information content (AvgIpc) is 2.64. The van der Waals surface area contributed by atoms with Crippen molar-refractivity contribution in [2.75, 3.05) is 7.11 Å². The number of ether oxygens (including phenoxy) is 1. The fourth-order valence-electron chi connectivity index (χ4n) is 3.13. The molecule has 0 spiro atoms. The second-order valence-electron chi connectivity index (χ2n) is 7.56. The second-order valence-corrected chi connectivity index (χ2v) is 8.56. The first-order chi connectivity index (χ1) is 14.2. The number of hydrogen-bond donors (Lipinski definition) is 1. The zero-order valence-electron chi connectivity index (χ0n) is 18.5. The average molecular weight is 456 g/mol. The molecule has 0 aliphatic heterocycles. The number of nitrogens with one attached hydrogen (secondary N) is 1. The van der Waals surface area contributed by atoms with E-state index in [4.69, 9.17) is 17.0 Å². The summed E-state index contributed by atoms with van der Waals surface area (Å²) in [6.45, 7) is 8.12. The minimum absolute atomic E-state index is 0.0374. The minimum Gasteiger partial charge on any atom is -0.494 e. The van der Waals surface area contributed by atoms with Gasteiger partial charge in [-0.15, -0.1) is 4.36 Å². The maximum absolute atomic E-state index is 13.2. The number of rotatable bonds is 11. The summed E-state index contributed by atoms with van der Waals surface area (Å²) in [6, 6.07) is 4.96. The van der Waals surface area contributed by atoms with Crippen LogP contribution in [0.5, 0.6) is 5.75 Å². The number of carbonyl (C=O) groups excluding carboxylic acids is 1. The molecule has 0 aliphatic carbocycles. The fraction of sp³-hybridized carbons (Fsp3) is 0.619. The molecule has 1 N–H and O–H groups in total. The predicted molar refractivity (Wildman–Crippen MR) is 124 cm³/mol. The van der Waals surface area contributed by atoms with Gasteiger partial charge in [-0.1, -0.05) is 38.7 Å². The molecule has 0 fully saturated rings. The van der Waals surface area contributed by atoms with Gasteiger partial charge in [-0.3, -0.25) is 9.69 Å². The molecule has 1 atom stereocenters. The number of nitrogens with zero attached hydrogens (tertiary/aromatic N) is 2. The van der Waals surface area contributed by atoms with Gasteiger partial charge in [0.05, 0.1) is 13.5 Å². The van der Waals surface area contributed by atoms with Crippen molar-refractivity contribution in [1.82, 2.24) is 10.2 Å².